The van der Waals surface area contributed by atoms with E-state index in [9.17, 15) is 15.3 Å². The van der Waals surface area contributed by atoms with Gasteiger partial charge in [-0.3, -0.25) is 4.90 Å². The number of nitrogens with one attached hydrogen (secondary N) is 1. The molecule has 0 aromatic heterocycles. The molecule has 2 aliphatic heterocycles. The second-order valence-electron chi connectivity index (χ2n) is 9.12. The van der Waals surface area contributed by atoms with Gasteiger partial charge in [0.25, 0.3) is 0 Å². The number of ether oxygens (including phenoxy) is 1. The molecule has 3 aliphatic rings. The molecular weight excluding hydrogens is 418 g/mol. The van der Waals surface area contributed by atoms with Crippen molar-refractivity contribution in [3.63, 3.8) is 0 Å². The number of nitriles is 1. The van der Waals surface area contributed by atoms with Crippen LogP contribution in [0, 0.1) is 22.2 Å². The molecular formula is C25H33N5O3. The molecule has 0 bridgehead atoms. The van der Waals surface area contributed by atoms with Crippen molar-refractivity contribution in [1.82, 2.24) is 4.90 Å². The number of hydrogen-bond donors (Lipinski definition) is 2. The predicted octanol–water partition coefficient (Wildman–Crippen LogP) is 2.90. The van der Waals surface area contributed by atoms with Crippen molar-refractivity contribution in [2.75, 3.05) is 62.8 Å². The fourth-order valence-electron chi connectivity index (χ4n) is 4.98. The fourth-order valence-corrected chi connectivity index (χ4v) is 4.98. The number of likely N-dealkylation sites (tertiary alicyclic amines) is 1. The quantitative estimate of drug-likeness (QED) is 0.586. The smallest absolute Gasteiger partial charge is 0.0993 e. The minimum absolute atomic E-state index is 0.00895. The second-order valence-corrected chi connectivity index (χ2v) is 9.12. The summed E-state index contributed by atoms with van der Waals surface area (Å²) in [7, 11) is 0. The molecule has 1 unspecified atom stereocenters. The molecule has 0 radical (unpaired) electrons. The maximum atomic E-state index is 10.9. The van der Waals surface area contributed by atoms with Gasteiger partial charge in [0.2, 0.25) is 0 Å². The number of benzene rings is 1. The highest BCUT2D eigenvalue weighted by Gasteiger charge is 2.30. The lowest BCUT2D eigenvalue weighted by Gasteiger charge is -2.38. The predicted molar refractivity (Wildman–Crippen MR) is 129 cm³/mol. The van der Waals surface area contributed by atoms with Gasteiger partial charge in [0.15, 0.2) is 0 Å². The Kier molecular flexibility index (Phi) is 8.10. The van der Waals surface area contributed by atoms with E-state index in [1.807, 2.05) is 12.1 Å². The molecule has 0 spiro atoms. The van der Waals surface area contributed by atoms with E-state index < -0.39 is 0 Å². The van der Waals surface area contributed by atoms with Gasteiger partial charge in [-0.15, -0.1) is 0 Å². The van der Waals surface area contributed by atoms with Gasteiger partial charge < -0.3 is 20.1 Å². The maximum Gasteiger partial charge on any atom is 0.0993 e. The molecule has 0 amide bonds. The molecule has 2 heterocycles. The zero-order chi connectivity index (χ0) is 23.0. The average molecular weight is 452 g/mol. The zero-order valence-corrected chi connectivity index (χ0v) is 19.0. The normalized spacial score (nSPS) is 25.9. The Balaban J connectivity index is 1.34. The van der Waals surface area contributed by atoms with E-state index in [0.717, 1.165) is 56.9 Å². The van der Waals surface area contributed by atoms with E-state index >= 15 is 0 Å². The third-order valence-electron chi connectivity index (χ3n) is 6.82. The summed E-state index contributed by atoms with van der Waals surface area (Å²) in [6.45, 7) is 5.54. The molecule has 8 heteroatoms. The van der Waals surface area contributed by atoms with Gasteiger partial charge in [-0.1, -0.05) is 29.0 Å². The molecule has 2 N–H and O–H groups in total. The molecule has 1 aromatic carbocycles. The van der Waals surface area contributed by atoms with Crippen molar-refractivity contribution in [3.05, 3.63) is 52.5 Å². The van der Waals surface area contributed by atoms with Crippen LogP contribution in [0.5, 0.6) is 0 Å². The number of aliphatic hydroxyl groups excluding tert-OH is 1. The van der Waals surface area contributed by atoms with E-state index in [2.05, 4.69) is 50.7 Å². The molecule has 2 fully saturated rings. The van der Waals surface area contributed by atoms with Gasteiger partial charge in [-0.05, 0) is 43.4 Å². The van der Waals surface area contributed by atoms with Crippen molar-refractivity contribution in [3.8, 4) is 6.07 Å². The molecule has 3 atom stereocenters. The van der Waals surface area contributed by atoms with Crippen LogP contribution >= 0.6 is 0 Å². The molecule has 0 saturated carbocycles. The number of allylic oxidation sites excluding steroid dienone is 2. The van der Waals surface area contributed by atoms with E-state index in [1.54, 1.807) is 0 Å². The number of rotatable bonds is 8. The number of hydrogen-bond acceptors (Lipinski definition) is 8. The largest absolute Gasteiger partial charge is 0.395 e. The van der Waals surface area contributed by atoms with E-state index in [-0.39, 0.29) is 18.7 Å². The van der Waals surface area contributed by atoms with Gasteiger partial charge in [-0.25, -0.2) is 0 Å². The summed E-state index contributed by atoms with van der Waals surface area (Å²) in [5, 5.41) is 26.0. The third-order valence-corrected chi connectivity index (χ3v) is 6.82. The number of nitroso groups, excluding NO2 is 1. The topological polar surface area (TPSA) is 101 Å². The maximum absolute atomic E-state index is 10.9. The summed E-state index contributed by atoms with van der Waals surface area (Å²) in [4.78, 5) is 15.5. The van der Waals surface area contributed by atoms with E-state index in [4.69, 9.17) is 4.74 Å². The second kappa shape index (κ2) is 11.4. The summed E-state index contributed by atoms with van der Waals surface area (Å²) >= 11 is 0. The molecule has 4 rings (SSSR count). The van der Waals surface area contributed by atoms with E-state index in [1.165, 1.54) is 5.57 Å². The van der Waals surface area contributed by atoms with Crippen LogP contribution in [0.1, 0.15) is 24.8 Å². The number of piperidine rings is 1. The molecule has 33 heavy (non-hydrogen) atoms. The van der Waals surface area contributed by atoms with Crippen LogP contribution in [0.25, 0.3) is 0 Å². The van der Waals surface area contributed by atoms with Crippen molar-refractivity contribution in [2.24, 2.45) is 11.1 Å². The van der Waals surface area contributed by atoms with Gasteiger partial charge in [0.05, 0.1) is 37.5 Å². The number of aliphatic hydroxyl groups is 1. The van der Waals surface area contributed by atoms with Crippen LogP contribution in [-0.4, -0.2) is 74.6 Å². The Morgan fingerprint density at radius 1 is 1.24 bits per heavy atom. The lowest BCUT2D eigenvalue weighted by Crippen LogP contribution is -2.47. The van der Waals surface area contributed by atoms with E-state index in [0.29, 0.717) is 31.1 Å². The number of morpholine rings is 1. The Hall–Kier alpha value is -2.73. The summed E-state index contributed by atoms with van der Waals surface area (Å²) in [6.07, 6.45) is 8.86. The van der Waals surface area contributed by atoms with Gasteiger partial charge in [0.1, 0.15) is 0 Å². The molecule has 2 saturated heterocycles. The Labute approximate surface area is 195 Å². The SMILES string of the molecule is N#Cc1cc(NCC2=CC=CC(CN3CC[C@@H](N=O)C[C@H]3CO)C2)cc(N2CCOCC2)c1. The molecule has 176 valence electrons. The minimum Gasteiger partial charge on any atom is -0.395 e. The zero-order valence-electron chi connectivity index (χ0n) is 19.0. The minimum atomic E-state index is -0.175. The Bertz CT molecular complexity index is 919. The monoisotopic (exact) mass is 451 g/mol. The van der Waals surface area contributed by atoms with Gasteiger partial charge in [0, 0.05) is 50.1 Å². The summed E-state index contributed by atoms with van der Waals surface area (Å²) in [5.74, 6) is 0.371. The van der Waals surface area contributed by atoms with Crippen LogP contribution < -0.4 is 10.2 Å². The first-order chi connectivity index (χ1) is 16.2. The third kappa shape index (κ3) is 6.20. The standard InChI is InChI=1S/C25H33N5O3/c26-15-21-11-23(14-24(12-21)29-6-8-33-9-7-29)27-16-19-2-1-3-20(10-19)17-30-5-4-22(28-32)13-25(30)18-31/h1-3,11-12,14,20,22,25,27,31H,4-10,13,16-18H2/t20?,22-,25+/m1/s1. The summed E-state index contributed by atoms with van der Waals surface area (Å²) in [5.41, 5.74) is 3.97. The van der Waals surface area contributed by atoms with Crippen LogP contribution in [0.3, 0.4) is 0 Å². The first-order valence-electron chi connectivity index (χ1n) is 11.8. The first kappa shape index (κ1) is 23.4. The van der Waals surface area contributed by atoms with Crippen LogP contribution in [-0.2, 0) is 4.74 Å². The van der Waals surface area contributed by atoms with Crippen molar-refractivity contribution in [1.29, 1.82) is 5.26 Å². The fraction of sp³-hybridized carbons (Fsp3) is 0.560. The lowest BCUT2D eigenvalue weighted by atomic mass is 9.91. The Morgan fingerprint density at radius 3 is 2.85 bits per heavy atom. The van der Waals surface area contributed by atoms with Crippen molar-refractivity contribution >= 4 is 11.4 Å². The summed E-state index contributed by atoms with van der Waals surface area (Å²) in [6, 6.07) is 8.06. The van der Waals surface area contributed by atoms with Crippen molar-refractivity contribution in [2.45, 2.75) is 31.3 Å². The van der Waals surface area contributed by atoms with Gasteiger partial charge >= 0.3 is 0 Å². The lowest BCUT2D eigenvalue weighted by molar-refractivity contribution is 0.0735. The van der Waals surface area contributed by atoms with Gasteiger partial charge in [-0.2, -0.15) is 10.2 Å². The van der Waals surface area contributed by atoms with Crippen LogP contribution in [0.2, 0.25) is 0 Å². The molecule has 1 aliphatic carbocycles. The Morgan fingerprint density at radius 2 is 2.09 bits per heavy atom. The highest BCUT2D eigenvalue weighted by Crippen LogP contribution is 2.27. The summed E-state index contributed by atoms with van der Waals surface area (Å²) < 4.78 is 5.45. The molecule has 8 nitrogen and oxygen atoms in total. The average Bonchev–Trinajstić information content (AvgIpc) is 2.88. The molecule has 1 aromatic rings. The number of anilines is 2. The van der Waals surface area contributed by atoms with Crippen molar-refractivity contribution < 1.29 is 9.84 Å². The van der Waals surface area contributed by atoms with Crippen LogP contribution in [0.4, 0.5) is 11.4 Å². The first-order valence-corrected chi connectivity index (χ1v) is 11.8. The highest BCUT2D eigenvalue weighted by atomic mass is 16.5. The highest BCUT2D eigenvalue weighted by molar-refractivity contribution is 5.63. The van der Waals surface area contributed by atoms with Crippen LogP contribution in [0.15, 0.2) is 47.2 Å². The number of nitrogens with zero attached hydrogens (tertiary/aromatic N) is 4.